The summed E-state index contributed by atoms with van der Waals surface area (Å²) < 4.78 is 5.28. The predicted molar refractivity (Wildman–Crippen MR) is 121 cm³/mol. The molecule has 2 unspecified atom stereocenters. The number of nitrogens with one attached hydrogen (secondary N) is 2. The minimum atomic E-state index is 0. The Morgan fingerprint density at radius 1 is 1.35 bits per heavy atom. The summed E-state index contributed by atoms with van der Waals surface area (Å²) in [5.74, 6) is 2.47. The summed E-state index contributed by atoms with van der Waals surface area (Å²) in [5, 5.41) is 7.04. The van der Waals surface area contributed by atoms with Crippen LogP contribution in [0.5, 0.6) is 5.75 Å². The van der Waals surface area contributed by atoms with Gasteiger partial charge in [0.1, 0.15) is 5.75 Å². The Morgan fingerprint density at radius 2 is 2.12 bits per heavy atom. The van der Waals surface area contributed by atoms with E-state index in [1.165, 1.54) is 5.56 Å². The lowest BCUT2D eigenvalue weighted by Gasteiger charge is -2.22. The summed E-state index contributed by atoms with van der Waals surface area (Å²) in [6.07, 6.45) is 2.09. The van der Waals surface area contributed by atoms with Gasteiger partial charge in [-0.05, 0) is 50.3 Å². The van der Waals surface area contributed by atoms with E-state index in [1.54, 1.807) is 7.11 Å². The number of guanidine groups is 1. The molecule has 1 aliphatic heterocycles. The molecular formula is C20H35IN4O. The second kappa shape index (κ2) is 11.6. The molecule has 1 aromatic rings. The third-order valence-corrected chi connectivity index (χ3v) is 4.99. The third-order valence-electron chi connectivity index (χ3n) is 4.99. The Hall–Kier alpha value is -1.02. The van der Waals surface area contributed by atoms with Crippen LogP contribution in [0.2, 0.25) is 0 Å². The minimum absolute atomic E-state index is 0. The van der Waals surface area contributed by atoms with E-state index in [0.29, 0.717) is 18.0 Å². The second-order valence-corrected chi connectivity index (χ2v) is 7.23. The SMILES string of the molecule is CN=C(NCCCc1cccc(OC)c1)NC1CN(C(C)C)CC1C.I. The first-order valence-corrected chi connectivity index (χ1v) is 9.37. The van der Waals surface area contributed by atoms with Crippen LogP contribution in [-0.4, -0.2) is 56.7 Å². The molecule has 1 heterocycles. The molecule has 1 aliphatic rings. The molecule has 0 amide bonds. The number of aryl methyl sites for hydroxylation is 1. The molecule has 26 heavy (non-hydrogen) atoms. The number of methoxy groups -OCH3 is 1. The highest BCUT2D eigenvalue weighted by molar-refractivity contribution is 14.0. The Labute approximate surface area is 176 Å². The Bertz CT molecular complexity index is 564. The fourth-order valence-corrected chi connectivity index (χ4v) is 3.31. The molecule has 2 N–H and O–H groups in total. The molecule has 0 spiro atoms. The van der Waals surface area contributed by atoms with Crippen molar-refractivity contribution in [2.24, 2.45) is 10.9 Å². The maximum Gasteiger partial charge on any atom is 0.191 e. The lowest BCUT2D eigenvalue weighted by Crippen LogP contribution is -2.47. The molecule has 1 saturated heterocycles. The van der Waals surface area contributed by atoms with Gasteiger partial charge in [-0.3, -0.25) is 9.89 Å². The zero-order chi connectivity index (χ0) is 18.2. The van der Waals surface area contributed by atoms with Crippen LogP contribution in [0, 0.1) is 5.92 Å². The highest BCUT2D eigenvalue weighted by Crippen LogP contribution is 2.18. The van der Waals surface area contributed by atoms with E-state index in [1.807, 2.05) is 19.2 Å². The average Bonchev–Trinajstić information content (AvgIpc) is 2.98. The predicted octanol–water partition coefficient (Wildman–Crippen LogP) is 3.14. The van der Waals surface area contributed by atoms with Crippen molar-refractivity contribution in [3.05, 3.63) is 29.8 Å². The molecule has 1 fully saturated rings. The van der Waals surface area contributed by atoms with Gasteiger partial charge in [0, 0.05) is 38.8 Å². The number of hydrogen-bond acceptors (Lipinski definition) is 3. The zero-order valence-electron chi connectivity index (χ0n) is 16.8. The van der Waals surface area contributed by atoms with Gasteiger partial charge in [-0.2, -0.15) is 0 Å². The van der Waals surface area contributed by atoms with E-state index in [-0.39, 0.29) is 24.0 Å². The van der Waals surface area contributed by atoms with Crippen LogP contribution in [0.3, 0.4) is 0 Å². The van der Waals surface area contributed by atoms with Crippen LogP contribution >= 0.6 is 24.0 Å². The average molecular weight is 474 g/mol. The van der Waals surface area contributed by atoms with Crippen LogP contribution in [-0.2, 0) is 6.42 Å². The lowest BCUT2D eigenvalue weighted by atomic mass is 10.1. The van der Waals surface area contributed by atoms with Crippen molar-refractivity contribution in [2.75, 3.05) is 33.8 Å². The first kappa shape index (κ1) is 23.0. The molecule has 2 atom stereocenters. The highest BCUT2D eigenvalue weighted by Gasteiger charge is 2.31. The normalized spacial score (nSPS) is 20.8. The molecule has 5 nitrogen and oxygen atoms in total. The summed E-state index contributed by atoms with van der Waals surface area (Å²) in [5.41, 5.74) is 1.31. The van der Waals surface area contributed by atoms with Gasteiger partial charge < -0.3 is 15.4 Å². The van der Waals surface area contributed by atoms with Gasteiger partial charge in [-0.25, -0.2) is 0 Å². The number of benzene rings is 1. The summed E-state index contributed by atoms with van der Waals surface area (Å²) in [4.78, 5) is 6.91. The Kier molecular flexibility index (Phi) is 10.3. The van der Waals surface area contributed by atoms with Crippen molar-refractivity contribution in [1.82, 2.24) is 15.5 Å². The molecule has 1 aromatic carbocycles. The topological polar surface area (TPSA) is 48.9 Å². The quantitative estimate of drug-likeness (QED) is 0.276. The van der Waals surface area contributed by atoms with Gasteiger partial charge >= 0.3 is 0 Å². The van der Waals surface area contributed by atoms with E-state index in [2.05, 4.69) is 53.4 Å². The number of nitrogens with zero attached hydrogens (tertiary/aromatic N) is 2. The molecule has 0 aromatic heterocycles. The highest BCUT2D eigenvalue weighted by atomic mass is 127. The fraction of sp³-hybridized carbons (Fsp3) is 0.650. The first-order valence-electron chi connectivity index (χ1n) is 9.37. The van der Waals surface area contributed by atoms with Crippen LogP contribution in [0.25, 0.3) is 0 Å². The van der Waals surface area contributed by atoms with Crippen molar-refractivity contribution in [3.63, 3.8) is 0 Å². The zero-order valence-corrected chi connectivity index (χ0v) is 19.1. The van der Waals surface area contributed by atoms with Gasteiger partial charge in [0.05, 0.1) is 7.11 Å². The Balaban J connectivity index is 0.00000338. The van der Waals surface area contributed by atoms with Crippen molar-refractivity contribution in [1.29, 1.82) is 0 Å². The number of aliphatic imine (C=N–C) groups is 1. The monoisotopic (exact) mass is 474 g/mol. The van der Waals surface area contributed by atoms with E-state index in [9.17, 15) is 0 Å². The maximum atomic E-state index is 5.28. The molecule has 0 bridgehead atoms. The Morgan fingerprint density at radius 3 is 2.73 bits per heavy atom. The summed E-state index contributed by atoms with van der Waals surface area (Å²) in [6.45, 7) is 10.00. The van der Waals surface area contributed by atoms with E-state index < -0.39 is 0 Å². The van der Waals surface area contributed by atoms with Crippen molar-refractivity contribution >= 4 is 29.9 Å². The fourth-order valence-electron chi connectivity index (χ4n) is 3.31. The van der Waals surface area contributed by atoms with Crippen LogP contribution < -0.4 is 15.4 Å². The number of rotatable bonds is 7. The van der Waals surface area contributed by atoms with E-state index >= 15 is 0 Å². The lowest BCUT2D eigenvalue weighted by molar-refractivity contribution is 0.265. The largest absolute Gasteiger partial charge is 0.497 e. The first-order chi connectivity index (χ1) is 12.0. The molecule has 2 rings (SSSR count). The summed E-state index contributed by atoms with van der Waals surface area (Å²) in [6, 6.07) is 9.35. The van der Waals surface area contributed by atoms with Gasteiger partial charge in [0.25, 0.3) is 0 Å². The van der Waals surface area contributed by atoms with E-state index in [4.69, 9.17) is 4.74 Å². The van der Waals surface area contributed by atoms with Crippen LogP contribution in [0.4, 0.5) is 0 Å². The van der Waals surface area contributed by atoms with Gasteiger partial charge in [0.2, 0.25) is 0 Å². The van der Waals surface area contributed by atoms with Crippen molar-refractivity contribution in [3.8, 4) is 5.75 Å². The molecule has 6 heteroatoms. The smallest absolute Gasteiger partial charge is 0.191 e. The van der Waals surface area contributed by atoms with Crippen LogP contribution in [0.15, 0.2) is 29.3 Å². The molecular weight excluding hydrogens is 439 g/mol. The van der Waals surface area contributed by atoms with Crippen molar-refractivity contribution in [2.45, 2.75) is 45.7 Å². The molecule has 0 saturated carbocycles. The minimum Gasteiger partial charge on any atom is -0.497 e. The second-order valence-electron chi connectivity index (χ2n) is 7.23. The standard InChI is InChI=1S/C20H34N4O.HI/c1-15(2)24-13-16(3)19(14-24)23-20(21-4)22-11-7-9-17-8-6-10-18(12-17)25-5;/h6,8,10,12,15-16,19H,7,9,11,13-14H2,1-5H3,(H2,21,22,23);1H. The van der Waals surface area contributed by atoms with Crippen LogP contribution in [0.1, 0.15) is 32.8 Å². The van der Waals surface area contributed by atoms with Gasteiger partial charge in [-0.15, -0.1) is 24.0 Å². The number of hydrogen-bond donors (Lipinski definition) is 2. The summed E-state index contributed by atoms with van der Waals surface area (Å²) in [7, 11) is 3.55. The molecule has 148 valence electrons. The number of halogens is 1. The molecule has 0 aliphatic carbocycles. The van der Waals surface area contributed by atoms with Crippen molar-refractivity contribution < 1.29 is 4.74 Å². The molecule has 0 radical (unpaired) electrons. The third kappa shape index (κ3) is 6.95. The van der Waals surface area contributed by atoms with Gasteiger partial charge in [0.15, 0.2) is 5.96 Å². The van der Waals surface area contributed by atoms with Gasteiger partial charge in [-0.1, -0.05) is 19.1 Å². The number of ether oxygens (including phenoxy) is 1. The van der Waals surface area contributed by atoms with E-state index in [0.717, 1.165) is 44.2 Å². The number of likely N-dealkylation sites (tertiary alicyclic amines) is 1. The summed E-state index contributed by atoms with van der Waals surface area (Å²) >= 11 is 0. The maximum absolute atomic E-state index is 5.28.